The molecule has 3 heterocycles. The first-order valence-electron chi connectivity index (χ1n) is 12.9. The molecule has 0 radical (unpaired) electrons. The maximum absolute atomic E-state index is 13.0. The van der Waals surface area contributed by atoms with Gasteiger partial charge >= 0.3 is 6.03 Å². The van der Waals surface area contributed by atoms with E-state index in [0.717, 1.165) is 56.3 Å². The summed E-state index contributed by atoms with van der Waals surface area (Å²) >= 11 is 1.11. The van der Waals surface area contributed by atoms with E-state index in [9.17, 15) is 18.0 Å². The Morgan fingerprint density at radius 2 is 1.47 bits per heavy atom. The van der Waals surface area contributed by atoms with Gasteiger partial charge in [0.1, 0.15) is 4.21 Å². The molecule has 1 aliphatic carbocycles. The standard InChI is InChI=1S/C24H38N4O4S2/c29-22(19-20-9-4-3-5-10-20)26-13-8-14-27(18-17-26)24(30)25-21-11-12-23(33-21)34(31,32)28-15-6-1-2-7-16-28/h11-12,20H,1-10,13-19H2,(H,25,30). The molecule has 4 rings (SSSR count). The highest BCUT2D eigenvalue weighted by atomic mass is 32.2. The molecule has 1 saturated carbocycles. The third-order valence-electron chi connectivity index (χ3n) is 7.29. The molecule has 3 aliphatic rings. The number of sulfonamides is 1. The van der Waals surface area contributed by atoms with Gasteiger partial charge in [-0.1, -0.05) is 32.1 Å². The topological polar surface area (TPSA) is 90.0 Å². The first-order valence-corrected chi connectivity index (χ1v) is 15.1. The Hall–Kier alpha value is -1.65. The highest BCUT2D eigenvalue weighted by Crippen LogP contribution is 2.30. The maximum Gasteiger partial charge on any atom is 0.322 e. The molecule has 0 spiro atoms. The fraction of sp³-hybridized carbons (Fsp3) is 0.750. The summed E-state index contributed by atoms with van der Waals surface area (Å²) in [6.07, 6.45) is 11.4. The van der Waals surface area contributed by atoms with Gasteiger partial charge in [0.15, 0.2) is 0 Å². The lowest BCUT2D eigenvalue weighted by Gasteiger charge is -2.26. The van der Waals surface area contributed by atoms with Gasteiger partial charge in [-0.25, -0.2) is 13.2 Å². The zero-order chi connectivity index (χ0) is 24.0. The number of amides is 3. The largest absolute Gasteiger partial charge is 0.341 e. The summed E-state index contributed by atoms with van der Waals surface area (Å²) < 4.78 is 27.9. The van der Waals surface area contributed by atoms with Crippen molar-refractivity contribution in [1.29, 1.82) is 0 Å². The molecule has 0 unspecified atom stereocenters. The quantitative estimate of drug-likeness (QED) is 0.638. The zero-order valence-corrected chi connectivity index (χ0v) is 21.7. The van der Waals surface area contributed by atoms with Gasteiger partial charge < -0.3 is 9.80 Å². The minimum absolute atomic E-state index is 0.218. The molecule has 1 aromatic heterocycles. The predicted molar refractivity (Wildman–Crippen MR) is 135 cm³/mol. The Morgan fingerprint density at radius 1 is 0.824 bits per heavy atom. The maximum atomic E-state index is 13.0. The van der Waals surface area contributed by atoms with Crippen molar-refractivity contribution in [2.75, 3.05) is 44.6 Å². The van der Waals surface area contributed by atoms with Crippen LogP contribution >= 0.6 is 11.3 Å². The Kier molecular flexibility index (Phi) is 8.87. The molecule has 3 fully saturated rings. The number of hydrogen-bond donors (Lipinski definition) is 1. The number of urea groups is 1. The van der Waals surface area contributed by atoms with Gasteiger partial charge in [-0.3, -0.25) is 10.1 Å². The van der Waals surface area contributed by atoms with Crippen LogP contribution in [0.4, 0.5) is 9.80 Å². The molecule has 2 aliphatic heterocycles. The Morgan fingerprint density at radius 3 is 2.21 bits per heavy atom. The normalized spacial score (nSPS) is 21.6. The summed E-state index contributed by atoms with van der Waals surface area (Å²) in [5.74, 6) is 0.735. The number of rotatable bonds is 5. The average Bonchev–Trinajstić information content (AvgIpc) is 3.03. The monoisotopic (exact) mass is 510 g/mol. The van der Waals surface area contributed by atoms with E-state index in [4.69, 9.17) is 0 Å². The number of carbonyl (C=O) groups is 2. The van der Waals surface area contributed by atoms with Gasteiger partial charge in [0.25, 0.3) is 10.0 Å². The molecule has 8 nitrogen and oxygen atoms in total. The summed E-state index contributed by atoms with van der Waals surface area (Å²) in [6.45, 7) is 3.44. The van der Waals surface area contributed by atoms with Crippen molar-refractivity contribution in [3.63, 3.8) is 0 Å². The molecular weight excluding hydrogens is 472 g/mol. The predicted octanol–water partition coefficient (Wildman–Crippen LogP) is 4.35. The zero-order valence-electron chi connectivity index (χ0n) is 20.0. The third-order valence-corrected chi connectivity index (χ3v) is 10.7. The van der Waals surface area contributed by atoms with E-state index in [1.165, 1.54) is 19.3 Å². The van der Waals surface area contributed by atoms with E-state index in [2.05, 4.69) is 5.32 Å². The molecule has 34 heavy (non-hydrogen) atoms. The molecule has 2 saturated heterocycles. The van der Waals surface area contributed by atoms with Gasteiger partial charge in [0.2, 0.25) is 5.91 Å². The number of hydrogen-bond acceptors (Lipinski definition) is 5. The lowest BCUT2D eigenvalue weighted by molar-refractivity contribution is -0.132. The van der Waals surface area contributed by atoms with E-state index in [-0.39, 0.29) is 16.1 Å². The number of thiophene rings is 1. The molecule has 3 amide bonds. The van der Waals surface area contributed by atoms with Crippen LogP contribution in [0, 0.1) is 5.92 Å². The molecule has 1 aromatic rings. The van der Waals surface area contributed by atoms with Crippen molar-refractivity contribution >= 4 is 38.3 Å². The summed E-state index contributed by atoms with van der Waals surface area (Å²) in [4.78, 5) is 29.3. The number of nitrogens with one attached hydrogen (secondary N) is 1. The molecule has 0 atom stereocenters. The Labute approximate surface area is 207 Å². The van der Waals surface area contributed by atoms with Crippen LogP contribution in [-0.4, -0.2) is 73.7 Å². The minimum atomic E-state index is -3.52. The first kappa shape index (κ1) is 25.4. The second kappa shape index (κ2) is 11.9. The van der Waals surface area contributed by atoms with Crippen LogP contribution in [-0.2, 0) is 14.8 Å². The van der Waals surface area contributed by atoms with E-state index < -0.39 is 10.0 Å². The van der Waals surface area contributed by atoms with Crippen LogP contribution in [0.5, 0.6) is 0 Å². The van der Waals surface area contributed by atoms with Gasteiger partial charge in [0.05, 0.1) is 5.00 Å². The number of nitrogens with zero attached hydrogens (tertiary/aromatic N) is 3. The van der Waals surface area contributed by atoms with Crippen molar-refractivity contribution in [3.05, 3.63) is 12.1 Å². The minimum Gasteiger partial charge on any atom is -0.341 e. The number of anilines is 1. The van der Waals surface area contributed by atoms with Crippen molar-refractivity contribution in [2.45, 2.75) is 74.8 Å². The average molecular weight is 511 g/mol. The van der Waals surface area contributed by atoms with Crippen LogP contribution in [0.1, 0.15) is 70.6 Å². The number of carbonyl (C=O) groups excluding carboxylic acids is 2. The molecule has 0 bridgehead atoms. The van der Waals surface area contributed by atoms with Gasteiger partial charge in [-0.05, 0) is 50.2 Å². The summed E-state index contributed by atoms with van der Waals surface area (Å²) in [5, 5.41) is 3.41. The second-order valence-corrected chi connectivity index (χ2v) is 13.0. The summed E-state index contributed by atoms with van der Waals surface area (Å²) in [5.41, 5.74) is 0. The first-order chi connectivity index (χ1) is 16.4. The second-order valence-electron chi connectivity index (χ2n) is 9.80. The van der Waals surface area contributed by atoms with Gasteiger partial charge in [-0.15, -0.1) is 11.3 Å². The van der Waals surface area contributed by atoms with E-state index >= 15 is 0 Å². The van der Waals surface area contributed by atoms with E-state index in [1.54, 1.807) is 21.3 Å². The Bertz CT molecular complexity index is 935. The molecule has 0 aromatic carbocycles. The van der Waals surface area contributed by atoms with Crippen molar-refractivity contribution in [1.82, 2.24) is 14.1 Å². The third kappa shape index (κ3) is 6.51. The van der Waals surface area contributed by atoms with Crippen molar-refractivity contribution < 1.29 is 18.0 Å². The molecule has 190 valence electrons. The van der Waals surface area contributed by atoms with Crippen LogP contribution in [0.2, 0.25) is 0 Å². The highest BCUT2D eigenvalue weighted by molar-refractivity contribution is 7.91. The van der Waals surface area contributed by atoms with Crippen LogP contribution in [0.25, 0.3) is 0 Å². The van der Waals surface area contributed by atoms with Crippen molar-refractivity contribution in [3.8, 4) is 0 Å². The lowest BCUT2D eigenvalue weighted by atomic mass is 9.86. The Balaban J connectivity index is 1.29. The van der Waals surface area contributed by atoms with E-state index in [0.29, 0.717) is 56.6 Å². The highest BCUT2D eigenvalue weighted by Gasteiger charge is 2.28. The summed E-state index contributed by atoms with van der Waals surface area (Å²) in [7, 11) is -3.52. The van der Waals surface area contributed by atoms with Crippen molar-refractivity contribution in [2.24, 2.45) is 5.92 Å². The van der Waals surface area contributed by atoms with Gasteiger partial charge in [0, 0.05) is 45.7 Å². The van der Waals surface area contributed by atoms with Crippen LogP contribution in [0.3, 0.4) is 0 Å². The lowest BCUT2D eigenvalue weighted by Crippen LogP contribution is -2.39. The molecule has 10 heteroatoms. The SMILES string of the molecule is O=C(CC1CCCCC1)N1CCCN(C(=O)Nc2ccc(S(=O)(=O)N3CCCCCC3)s2)CC1. The van der Waals surface area contributed by atoms with Crippen LogP contribution in [0.15, 0.2) is 16.3 Å². The molecule has 1 N–H and O–H groups in total. The van der Waals surface area contributed by atoms with Crippen LogP contribution < -0.4 is 5.32 Å². The fourth-order valence-electron chi connectivity index (χ4n) is 5.26. The fourth-order valence-corrected chi connectivity index (χ4v) is 8.12. The summed E-state index contributed by atoms with van der Waals surface area (Å²) in [6, 6.07) is 3.03. The smallest absolute Gasteiger partial charge is 0.322 e. The molecular formula is C24H38N4O4S2. The van der Waals surface area contributed by atoms with Gasteiger partial charge in [-0.2, -0.15) is 4.31 Å². The van der Waals surface area contributed by atoms with E-state index in [1.807, 2.05) is 4.90 Å².